The van der Waals surface area contributed by atoms with Gasteiger partial charge in [0.05, 0.1) is 19.0 Å². The fourth-order valence-corrected chi connectivity index (χ4v) is 2.57. The molecule has 116 valence electrons. The molecule has 1 unspecified atom stereocenters. The van der Waals surface area contributed by atoms with Gasteiger partial charge in [-0.15, -0.1) is 0 Å². The summed E-state index contributed by atoms with van der Waals surface area (Å²) in [4.78, 5) is 25.5. The van der Waals surface area contributed by atoms with Gasteiger partial charge < -0.3 is 15.0 Å². The summed E-state index contributed by atoms with van der Waals surface area (Å²) in [6, 6.07) is 0.429. The Kier molecular flexibility index (Phi) is 5.19. The third-order valence-electron chi connectivity index (χ3n) is 3.69. The molecule has 1 aromatic heterocycles. The number of halogens is 1. The molecule has 2 rings (SSSR count). The van der Waals surface area contributed by atoms with Gasteiger partial charge in [0.2, 0.25) is 0 Å². The number of esters is 1. The van der Waals surface area contributed by atoms with Crippen LogP contribution in [0.2, 0.25) is 5.02 Å². The van der Waals surface area contributed by atoms with E-state index in [1.807, 2.05) is 0 Å². The summed E-state index contributed by atoms with van der Waals surface area (Å²) < 4.78 is 5.49. The first kappa shape index (κ1) is 15.8. The number of methoxy groups -OCH3 is 1. The Morgan fingerprint density at radius 2 is 2.38 bits per heavy atom. The summed E-state index contributed by atoms with van der Waals surface area (Å²) in [5, 5.41) is 7.13. The molecule has 0 aromatic carbocycles. The van der Waals surface area contributed by atoms with Gasteiger partial charge in [-0.3, -0.25) is 9.59 Å². The van der Waals surface area contributed by atoms with Gasteiger partial charge >= 0.3 is 5.97 Å². The third-order valence-corrected chi connectivity index (χ3v) is 4.06. The van der Waals surface area contributed by atoms with E-state index in [1.165, 1.54) is 19.7 Å². The summed E-state index contributed by atoms with van der Waals surface area (Å²) in [6.07, 6.45) is 3.76. The quantitative estimate of drug-likeness (QED) is 0.801. The predicted octanol–water partition coefficient (Wildman–Crippen LogP) is 0.576. The summed E-state index contributed by atoms with van der Waals surface area (Å²) >= 11 is 6.05. The molecule has 1 atom stereocenters. The first-order valence-corrected chi connectivity index (χ1v) is 7.17. The van der Waals surface area contributed by atoms with Crippen molar-refractivity contribution in [3.63, 3.8) is 0 Å². The fraction of sp³-hybridized carbons (Fsp3) is 0.615. The Labute approximate surface area is 127 Å². The largest absolute Gasteiger partial charge is 0.468 e. The maximum absolute atomic E-state index is 12.0. The normalized spacial score (nSPS) is 18.7. The monoisotopic (exact) mass is 314 g/mol. The minimum absolute atomic E-state index is 0.0366. The van der Waals surface area contributed by atoms with E-state index in [1.54, 1.807) is 0 Å². The molecule has 1 saturated heterocycles. The Bertz CT molecular complexity index is 575. The van der Waals surface area contributed by atoms with E-state index < -0.39 is 11.5 Å². The predicted molar refractivity (Wildman–Crippen MR) is 79.7 cm³/mol. The van der Waals surface area contributed by atoms with Crippen molar-refractivity contribution in [1.82, 2.24) is 14.7 Å². The van der Waals surface area contributed by atoms with Crippen LogP contribution in [0.1, 0.15) is 12.8 Å². The Morgan fingerprint density at radius 3 is 3.00 bits per heavy atom. The van der Waals surface area contributed by atoms with Gasteiger partial charge in [-0.05, 0) is 26.4 Å². The summed E-state index contributed by atoms with van der Waals surface area (Å²) in [5.74, 6) is -0.547. The van der Waals surface area contributed by atoms with E-state index in [0.29, 0.717) is 18.3 Å². The molecule has 7 nitrogen and oxygen atoms in total. The molecule has 1 aliphatic rings. The Balaban J connectivity index is 2.06. The van der Waals surface area contributed by atoms with Gasteiger partial charge in [-0.2, -0.15) is 5.10 Å². The van der Waals surface area contributed by atoms with Crippen LogP contribution >= 0.6 is 11.6 Å². The van der Waals surface area contributed by atoms with E-state index in [4.69, 9.17) is 11.6 Å². The topological polar surface area (TPSA) is 76.5 Å². The van der Waals surface area contributed by atoms with Crippen molar-refractivity contribution in [2.45, 2.75) is 25.4 Å². The van der Waals surface area contributed by atoms with Crippen LogP contribution in [0.4, 0.5) is 5.69 Å². The fourth-order valence-electron chi connectivity index (χ4n) is 2.35. The van der Waals surface area contributed by atoms with Crippen molar-refractivity contribution in [2.24, 2.45) is 0 Å². The number of hydrogen-bond donors (Lipinski definition) is 1. The minimum Gasteiger partial charge on any atom is -0.468 e. The highest BCUT2D eigenvalue weighted by atomic mass is 35.5. The molecule has 2 heterocycles. The lowest BCUT2D eigenvalue weighted by Crippen LogP contribution is -2.33. The van der Waals surface area contributed by atoms with Crippen molar-refractivity contribution in [3.8, 4) is 0 Å². The van der Waals surface area contributed by atoms with Gasteiger partial charge in [0.1, 0.15) is 11.6 Å². The van der Waals surface area contributed by atoms with Crippen LogP contribution < -0.4 is 10.9 Å². The van der Waals surface area contributed by atoms with Gasteiger partial charge in [-0.1, -0.05) is 11.6 Å². The number of nitrogens with one attached hydrogen (secondary N) is 1. The smallest absolute Gasteiger partial charge is 0.327 e. The standard InChI is InChI=1S/C13H19ClN4O3/c1-17-5-3-4-9(17)6-15-10-7-16-18(8-11(19)21-2)13(20)12(10)14/h7,9,15H,3-6,8H2,1-2H3. The number of likely N-dealkylation sites (N-methyl/N-ethyl adjacent to an activating group) is 1. The van der Waals surface area contributed by atoms with Crippen molar-refractivity contribution in [1.29, 1.82) is 0 Å². The number of ether oxygens (including phenoxy) is 1. The zero-order valence-corrected chi connectivity index (χ0v) is 12.9. The number of carbonyl (C=O) groups excluding carboxylic acids is 1. The van der Waals surface area contributed by atoms with Crippen molar-refractivity contribution in [3.05, 3.63) is 21.6 Å². The molecular formula is C13H19ClN4O3. The molecule has 1 N–H and O–H groups in total. The molecule has 1 aromatic rings. The lowest BCUT2D eigenvalue weighted by Gasteiger charge is -2.20. The number of anilines is 1. The number of nitrogens with zero attached hydrogens (tertiary/aromatic N) is 3. The van der Waals surface area contributed by atoms with E-state index >= 15 is 0 Å². The van der Waals surface area contributed by atoms with Crippen LogP contribution in [0, 0.1) is 0 Å². The average molecular weight is 315 g/mol. The summed E-state index contributed by atoms with van der Waals surface area (Å²) in [5.41, 5.74) is -0.0186. The van der Waals surface area contributed by atoms with E-state index in [9.17, 15) is 9.59 Å². The van der Waals surface area contributed by atoms with Crippen LogP contribution in [0.5, 0.6) is 0 Å². The second-order valence-corrected chi connectivity index (χ2v) is 5.45. The molecule has 0 spiro atoms. The van der Waals surface area contributed by atoms with Crippen LogP contribution in [0.25, 0.3) is 0 Å². The van der Waals surface area contributed by atoms with E-state index in [0.717, 1.165) is 17.6 Å². The average Bonchev–Trinajstić information content (AvgIpc) is 2.88. The van der Waals surface area contributed by atoms with Crippen molar-refractivity contribution in [2.75, 3.05) is 32.6 Å². The van der Waals surface area contributed by atoms with Crippen LogP contribution in [-0.2, 0) is 16.1 Å². The number of hydrogen-bond acceptors (Lipinski definition) is 6. The first-order chi connectivity index (χ1) is 10.0. The Morgan fingerprint density at radius 1 is 1.62 bits per heavy atom. The van der Waals surface area contributed by atoms with Crippen molar-refractivity contribution >= 4 is 23.3 Å². The minimum atomic E-state index is -0.547. The van der Waals surface area contributed by atoms with Crippen LogP contribution in [0.3, 0.4) is 0 Å². The van der Waals surface area contributed by atoms with Gasteiger partial charge in [-0.25, -0.2) is 4.68 Å². The maximum Gasteiger partial charge on any atom is 0.327 e. The lowest BCUT2D eigenvalue weighted by atomic mass is 10.2. The zero-order chi connectivity index (χ0) is 15.4. The first-order valence-electron chi connectivity index (χ1n) is 6.79. The van der Waals surface area contributed by atoms with Gasteiger partial charge in [0, 0.05) is 12.6 Å². The summed E-state index contributed by atoms with van der Waals surface area (Å²) in [6.45, 7) is 1.54. The van der Waals surface area contributed by atoms with E-state index in [2.05, 4.69) is 27.1 Å². The molecule has 21 heavy (non-hydrogen) atoms. The van der Waals surface area contributed by atoms with E-state index in [-0.39, 0.29) is 11.6 Å². The highest BCUT2D eigenvalue weighted by Crippen LogP contribution is 2.18. The molecule has 1 fully saturated rings. The zero-order valence-electron chi connectivity index (χ0n) is 12.1. The molecule has 0 aliphatic carbocycles. The maximum atomic E-state index is 12.0. The Hall–Kier alpha value is -1.60. The second kappa shape index (κ2) is 6.91. The second-order valence-electron chi connectivity index (χ2n) is 5.07. The molecule has 0 amide bonds. The number of aromatic nitrogens is 2. The van der Waals surface area contributed by atoms with Crippen molar-refractivity contribution < 1.29 is 9.53 Å². The van der Waals surface area contributed by atoms with Crippen LogP contribution in [0.15, 0.2) is 11.0 Å². The highest BCUT2D eigenvalue weighted by molar-refractivity contribution is 6.32. The third kappa shape index (κ3) is 3.74. The molecule has 0 saturated carbocycles. The van der Waals surface area contributed by atoms with Crippen LogP contribution in [-0.4, -0.2) is 53.9 Å². The summed E-state index contributed by atoms with van der Waals surface area (Å²) in [7, 11) is 3.33. The SMILES string of the molecule is COC(=O)Cn1ncc(NCC2CCCN2C)c(Cl)c1=O. The molecule has 8 heteroatoms. The molecular weight excluding hydrogens is 296 g/mol. The highest BCUT2D eigenvalue weighted by Gasteiger charge is 2.21. The number of rotatable bonds is 5. The molecule has 0 bridgehead atoms. The number of carbonyl (C=O) groups is 1. The number of likely N-dealkylation sites (tertiary alicyclic amines) is 1. The van der Waals surface area contributed by atoms with Gasteiger partial charge in [0.15, 0.2) is 0 Å². The molecule has 0 radical (unpaired) electrons. The van der Waals surface area contributed by atoms with Gasteiger partial charge in [0.25, 0.3) is 5.56 Å². The lowest BCUT2D eigenvalue weighted by molar-refractivity contribution is -0.141. The molecule has 1 aliphatic heterocycles.